The third kappa shape index (κ3) is 11.9. The first-order chi connectivity index (χ1) is 32.6. The molecule has 6 aromatic rings. The van der Waals surface area contributed by atoms with Crippen LogP contribution >= 0.6 is 23.2 Å². The third-order valence-electron chi connectivity index (χ3n) is 11.1. The highest BCUT2D eigenvalue weighted by Gasteiger charge is 2.37. The molecular formula is C46H38Cl2F4N4O9S4. The van der Waals surface area contributed by atoms with Gasteiger partial charge in [-0.2, -0.15) is 0 Å². The van der Waals surface area contributed by atoms with E-state index in [9.17, 15) is 56.6 Å². The lowest BCUT2D eigenvalue weighted by molar-refractivity contribution is 0.0762. The van der Waals surface area contributed by atoms with Crippen LogP contribution in [0.4, 0.5) is 17.6 Å². The number of hydrogen-bond donors (Lipinski definition) is 0. The largest absolute Gasteiger partial charge is 0.337 e. The summed E-state index contributed by atoms with van der Waals surface area (Å²) in [5, 5.41) is -2.76. The number of aromatic nitrogens is 2. The van der Waals surface area contributed by atoms with E-state index in [0.29, 0.717) is 34.6 Å². The van der Waals surface area contributed by atoms with Gasteiger partial charge in [-0.3, -0.25) is 23.8 Å². The first-order valence-corrected chi connectivity index (χ1v) is 27.7. The molecule has 2 atom stereocenters. The zero-order valence-electron chi connectivity index (χ0n) is 35.7. The van der Waals surface area contributed by atoms with E-state index in [4.69, 9.17) is 23.2 Å². The maximum Gasteiger partial charge on any atom is 0.255 e. The first kappa shape index (κ1) is 51.3. The molecule has 2 amide bonds. The van der Waals surface area contributed by atoms with Crippen LogP contribution < -0.4 is 0 Å². The van der Waals surface area contributed by atoms with Crippen LogP contribution in [0, 0.1) is 23.3 Å². The molecule has 0 bridgehead atoms. The minimum atomic E-state index is -4.32. The number of pyridine rings is 2. The van der Waals surface area contributed by atoms with Gasteiger partial charge in [0.25, 0.3) is 11.8 Å². The number of carbonyl (C=O) groups excluding carboxylic acids is 2. The third-order valence-corrected chi connectivity index (χ3v) is 18.6. The van der Waals surface area contributed by atoms with Crippen molar-refractivity contribution in [3.8, 4) is 0 Å². The van der Waals surface area contributed by atoms with Crippen LogP contribution in [-0.4, -0.2) is 110 Å². The minimum Gasteiger partial charge on any atom is -0.337 e. The highest BCUT2D eigenvalue weighted by atomic mass is 35.5. The van der Waals surface area contributed by atoms with Crippen LogP contribution in [-0.2, 0) is 40.3 Å². The lowest BCUT2D eigenvalue weighted by Crippen LogP contribution is -2.43. The first-order valence-electron chi connectivity index (χ1n) is 20.6. The maximum absolute atomic E-state index is 14.7. The summed E-state index contributed by atoms with van der Waals surface area (Å²) in [6.45, 7) is 0.751. The Morgan fingerprint density at radius 1 is 0.565 bits per heavy atom. The Labute approximate surface area is 407 Å². The summed E-state index contributed by atoms with van der Waals surface area (Å²) < 4.78 is 146. The molecule has 13 nitrogen and oxygen atoms in total. The number of amides is 2. The van der Waals surface area contributed by atoms with Crippen molar-refractivity contribution >= 4 is 75.3 Å². The zero-order valence-corrected chi connectivity index (χ0v) is 40.5. The van der Waals surface area contributed by atoms with E-state index in [0.717, 1.165) is 42.6 Å². The molecule has 0 saturated carbocycles. The van der Waals surface area contributed by atoms with E-state index < -0.39 is 91.1 Å². The molecule has 69 heavy (non-hydrogen) atoms. The van der Waals surface area contributed by atoms with Crippen LogP contribution in [0.3, 0.4) is 0 Å². The highest BCUT2D eigenvalue weighted by Crippen LogP contribution is 2.38. The second-order valence-corrected chi connectivity index (χ2v) is 24.6. The van der Waals surface area contributed by atoms with Crippen LogP contribution in [0.1, 0.15) is 53.7 Å². The highest BCUT2D eigenvalue weighted by molar-refractivity contribution is 7.92. The molecule has 2 aliphatic rings. The van der Waals surface area contributed by atoms with Gasteiger partial charge < -0.3 is 9.80 Å². The van der Waals surface area contributed by atoms with Crippen molar-refractivity contribution in [2.45, 2.75) is 20.3 Å². The van der Waals surface area contributed by atoms with Gasteiger partial charge in [-0.05, 0) is 109 Å². The molecule has 2 unspecified atom stereocenters. The maximum atomic E-state index is 14.7. The van der Waals surface area contributed by atoms with Crippen molar-refractivity contribution in [3.63, 3.8) is 0 Å². The molecule has 0 N–H and O–H groups in total. The molecule has 2 aliphatic heterocycles. The summed E-state index contributed by atoms with van der Waals surface area (Å²) in [5.74, 6) is -3.80. The summed E-state index contributed by atoms with van der Waals surface area (Å²) in [7, 11) is -12.7. The number of hydrogen-bond acceptors (Lipinski definition) is 11. The van der Waals surface area contributed by atoms with Gasteiger partial charge in [-0.1, -0.05) is 23.2 Å². The molecule has 362 valence electrons. The molecule has 0 aliphatic carbocycles. The van der Waals surface area contributed by atoms with E-state index in [1.807, 2.05) is 0 Å². The summed E-state index contributed by atoms with van der Waals surface area (Å²) >= 11 is 11.7. The van der Waals surface area contributed by atoms with Gasteiger partial charge >= 0.3 is 0 Å². The molecule has 8 rings (SSSR count). The Morgan fingerprint density at radius 3 is 1.30 bits per heavy atom. The van der Waals surface area contributed by atoms with Gasteiger partial charge in [0.05, 0.1) is 43.8 Å². The fourth-order valence-corrected chi connectivity index (χ4v) is 13.4. The molecule has 2 fully saturated rings. The molecular weight excluding hydrogens is 1030 g/mol. The number of nitrogens with zero attached hydrogens (tertiary/aromatic N) is 4. The fraction of sp³-hybridized carbons (Fsp3) is 0.217. The van der Waals surface area contributed by atoms with Crippen molar-refractivity contribution in [1.29, 1.82) is 0 Å². The molecule has 23 heteroatoms. The van der Waals surface area contributed by atoms with E-state index in [2.05, 4.69) is 9.97 Å². The molecule has 4 heterocycles. The summed E-state index contributed by atoms with van der Waals surface area (Å²) in [6, 6.07) is 20.9. The monoisotopic (exact) mass is 1060 g/mol. The summed E-state index contributed by atoms with van der Waals surface area (Å²) in [4.78, 5) is 36.4. The number of benzene rings is 4. The fourth-order valence-electron chi connectivity index (χ4n) is 7.42. The van der Waals surface area contributed by atoms with Gasteiger partial charge in [0.15, 0.2) is 29.5 Å². The van der Waals surface area contributed by atoms with Crippen LogP contribution in [0.25, 0.3) is 0 Å². The topological polar surface area (TPSA) is 186 Å². The normalized spacial score (nSPS) is 16.2. The van der Waals surface area contributed by atoms with Crippen LogP contribution in [0.2, 0.25) is 10.0 Å². The minimum absolute atomic E-state index is 0.0327. The predicted octanol–water partition coefficient (Wildman–Crippen LogP) is 7.23. The summed E-state index contributed by atoms with van der Waals surface area (Å²) in [5.41, 5.74) is -0.722. The van der Waals surface area contributed by atoms with Crippen LogP contribution in [0.15, 0.2) is 131 Å². The average Bonchev–Trinajstić information content (AvgIpc) is 3.32. The van der Waals surface area contributed by atoms with E-state index in [1.165, 1.54) is 83.9 Å². The Kier molecular flexibility index (Phi) is 15.7. The SMILES string of the molecule is O=C(c1ccc(C(c2cc(F)ccc2F)S(=O)(=O)c2ccc(Cl)cc2)nc1)N1CCS(=O)(=O)CC1.O=C(c1ccc(C(c2cc(F)ccc2F)S(=O)(=O)c2ccc(Cl)cc2)nc1)N1CCS(=O)CC1. The molecule has 2 aromatic heterocycles. The van der Waals surface area contributed by atoms with E-state index >= 15 is 0 Å². The second kappa shape index (κ2) is 21.2. The Morgan fingerprint density at radius 2 is 0.942 bits per heavy atom. The lowest BCUT2D eigenvalue weighted by Gasteiger charge is -2.26. The molecule has 2 saturated heterocycles. The zero-order chi connectivity index (χ0) is 49.8. The number of sulfone groups is 3. The smallest absolute Gasteiger partial charge is 0.255 e. The average molecular weight is 1070 g/mol. The lowest BCUT2D eigenvalue weighted by atomic mass is 10.1. The van der Waals surface area contributed by atoms with Crippen molar-refractivity contribution in [2.75, 3.05) is 49.2 Å². The van der Waals surface area contributed by atoms with Crippen molar-refractivity contribution < 1.29 is 56.6 Å². The standard InChI is InChI=1S/C23H19ClF2N2O5S2.C23H19ClF2N2O4S2/c24-16-2-5-18(6-3-16)35(32,33)22(19-13-17(25)4-7-20(19)26)21-8-1-15(14-27-21)23(29)28-9-11-34(30,31)12-10-28;24-16-2-5-18(6-3-16)34(31,32)22(19-13-17(25)4-7-20(19)26)21-8-1-15(14-27-21)23(29)28-9-11-33(30)12-10-28/h1-8,13-14,22H,9-12H2;1-8,13-14,22H,9-12H2. The van der Waals surface area contributed by atoms with Gasteiger partial charge in [0, 0.05) is 82.1 Å². The van der Waals surface area contributed by atoms with Gasteiger partial charge in [-0.15, -0.1) is 0 Å². The molecule has 0 radical (unpaired) electrons. The number of carbonyl (C=O) groups is 2. The Bertz CT molecular complexity index is 3240. The Balaban J connectivity index is 0.000000204. The summed E-state index contributed by atoms with van der Waals surface area (Å²) in [6.07, 6.45) is 2.35. The molecule has 0 spiro atoms. The van der Waals surface area contributed by atoms with Gasteiger partial charge in [0.2, 0.25) is 0 Å². The quantitative estimate of drug-likeness (QED) is 0.126. The predicted molar refractivity (Wildman–Crippen MR) is 250 cm³/mol. The van der Waals surface area contributed by atoms with Gasteiger partial charge in [-0.25, -0.2) is 42.8 Å². The van der Waals surface area contributed by atoms with Crippen molar-refractivity contribution in [2.24, 2.45) is 0 Å². The second-order valence-electron chi connectivity index (χ2n) is 15.6. The van der Waals surface area contributed by atoms with Gasteiger partial charge in [0.1, 0.15) is 33.8 Å². The van der Waals surface area contributed by atoms with Crippen molar-refractivity contribution in [3.05, 3.63) is 189 Å². The molecule has 4 aromatic carbocycles. The van der Waals surface area contributed by atoms with E-state index in [-0.39, 0.29) is 62.8 Å². The van der Waals surface area contributed by atoms with Crippen LogP contribution in [0.5, 0.6) is 0 Å². The number of rotatable bonds is 10. The van der Waals surface area contributed by atoms with Crippen molar-refractivity contribution in [1.82, 2.24) is 19.8 Å². The number of halogens is 6. The Hall–Kier alpha value is -5.58. The van der Waals surface area contributed by atoms with E-state index in [1.54, 1.807) is 4.90 Å².